The Labute approximate surface area is 134 Å². The van der Waals surface area contributed by atoms with E-state index in [9.17, 15) is 13.2 Å². The lowest BCUT2D eigenvalue weighted by atomic mass is 10.1. The van der Waals surface area contributed by atoms with Crippen molar-refractivity contribution in [2.75, 3.05) is 7.11 Å². The summed E-state index contributed by atoms with van der Waals surface area (Å²) in [5.74, 6) is -0.732. The van der Waals surface area contributed by atoms with Crippen molar-refractivity contribution in [3.63, 3.8) is 0 Å². The zero-order valence-corrected chi connectivity index (χ0v) is 13.8. The van der Waals surface area contributed by atoms with Crippen molar-refractivity contribution >= 4 is 16.0 Å². The highest BCUT2D eigenvalue weighted by molar-refractivity contribution is 7.89. The van der Waals surface area contributed by atoms with Gasteiger partial charge in [-0.25, -0.2) is 18.2 Å². The number of aromatic nitrogens is 3. The molecule has 124 valence electrons. The topological polar surface area (TPSA) is 103 Å². The maximum absolute atomic E-state index is 12.5. The van der Waals surface area contributed by atoms with Gasteiger partial charge in [-0.1, -0.05) is 6.07 Å². The van der Waals surface area contributed by atoms with E-state index in [1.54, 1.807) is 16.7 Å². The lowest BCUT2D eigenvalue weighted by molar-refractivity contribution is -0.142. The molecule has 2 aromatic heterocycles. The summed E-state index contributed by atoms with van der Waals surface area (Å²) in [6.07, 6.45) is 5.76. The first-order chi connectivity index (χ1) is 10.8. The van der Waals surface area contributed by atoms with Crippen LogP contribution in [0.2, 0.25) is 0 Å². The first kappa shape index (κ1) is 17.1. The van der Waals surface area contributed by atoms with Crippen molar-refractivity contribution in [2.45, 2.75) is 31.0 Å². The second kappa shape index (κ2) is 6.88. The number of ether oxygens (including phenoxy) is 1. The van der Waals surface area contributed by atoms with Crippen LogP contribution in [0.4, 0.5) is 0 Å². The molecule has 2 aromatic rings. The molecule has 0 fully saturated rings. The summed E-state index contributed by atoms with van der Waals surface area (Å²) in [6.45, 7) is 3.80. The number of nitrogens with zero attached hydrogens (tertiary/aromatic N) is 3. The van der Waals surface area contributed by atoms with Gasteiger partial charge < -0.3 is 9.30 Å². The van der Waals surface area contributed by atoms with E-state index in [4.69, 9.17) is 0 Å². The minimum Gasteiger partial charge on any atom is -0.468 e. The maximum Gasteiger partial charge on any atom is 0.328 e. The minimum atomic E-state index is -3.99. The van der Waals surface area contributed by atoms with Crippen LogP contribution in [-0.4, -0.2) is 36.0 Å². The van der Waals surface area contributed by atoms with Gasteiger partial charge in [0, 0.05) is 24.6 Å². The van der Waals surface area contributed by atoms with Crippen LogP contribution in [0.15, 0.2) is 42.1 Å². The van der Waals surface area contributed by atoms with Gasteiger partial charge in [0.05, 0.1) is 13.4 Å². The maximum atomic E-state index is 12.5. The average molecular weight is 338 g/mol. The molecule has 9 heteroatoms. The zero-order valence-electron chi connectivity index (χ0n) is 13.0. The number of hydrogen-bond donors (Lipinski definition) is 1. The molecule has 1 atom stereocenters. The molecule has 0 amide bonds. The van der Waals surface area contributed by atoms with E-state index < -0.39 is 22.0 Å². The number of carbonyl (C=O) groups excluding carboxylic acids is 1. The second-order valence-electron chi connectivity index (χ2n) is 5.12. The Morgan fingerprint density at radius 1 is 1.39 bits per heavy atom. The van der Waals surface area contributed by atoms with Crippen LogP contribution >= 0.6 is 0 Å². The van der Waals surface area contributed by atoms with Gasteiger partial charge in [-0.3, -0.25) is 4.98 Å². The van der Waals surface area contributed by atoms with E-state index in [1.807, 2.05) is 13.8 Å². The predicted molar refractivity (Wildman–Crippen MR) is 81.9 cm³/mol. The van der Waals surface area contributed by atoms with Crippen molar-refractivity contribution in [3.05, 3.63) is 42.6 Å². The van der Waals surface area contributed by atoms with E-state index in [0.29, 0.717) is 5.56 Å². The summed E-state index contributed by atoms with van der Waals surface area (Å²) >= 11 is 0. The second-order valence-corrected chi connectivity index (χ2v) is 6.78. The molecule has 0 aromatic carbocycles. The van der Waals surface area contributed by atoms with Crippen LogP contribution in [0.25, 0.3) is 0 Å². The summed E-state index contributed by atoms with van der Waals surface area (Å²) in [5, 5.41) is -0.163. The molecular formula is C14H18N4O4S. The van der Waals surface area contributed by atoms with Gasteiger partial charge in [0.2, 0.25) is 0 Å². The Bertz CT molecular complexity index is 771. The van der Waals surface area contributed by atoms with Gasteiger partial charge >= 0.3 is 5.97 Å². The monoisotopic (exact) mass is 338 g/mol. The molecule has 0 spiro atoms. The highest BCUT2D eigenvalue weighted by Gasteiger charge is 2.29. The van der Waals surface area contributed by atoms with Crippen LogP contribution in [0.1, 0.15) is 31.5 Å². The molecule has 0 saturated heterocycles. The van der Waals surface area contributed by atoms with Gasteiger partial charge in [0.25, 0.3) is 10.0 Å². The Kier molecular flexibility index (Phi) is 5.12. The number of imidazole rings is 1. The molecule has 0 bridgehead atoms. The quantitative estimate of drug-likeness (QED) is 0.790. The van der Waals surface area contributed by atoms with Gasteiger partial charge in [-0.15, -0.1) is 0 Å². The summed E-state index contributed by atoms with van der Waals surface area (Å²) in [7, 11) is -2.80. The fourth-order valence-corrected chi connectivity index (χ4v) is 2.98. The van der Waals surface area contributed by atoms with Crippen molar-refractivity contribution in [2.24, 2.45) is 0 Å². The SMILES string of the molecule is COC(=O)[C@H](NS(=O)(=O)c1cn(C(C)C)cn1)c1cccnc1. The molecule has 2 heterocycles. The number of esters is 1. The number of nitrogens with one attached hydrogen (secondary N) is 1. The van der Waals surface area contributed by atoms with Crippen LogP contribution in [0.3, 0.4) is 0 Å². The minimum absolute atomic E-state index is 0.0705. The van der Waals surface area contributed by atoms with E-state index in [-0.39, 0.29) is 11.1 Å². The highest BCUT2D eigenvalue weighted by Crippen LogP contribution is 2.18. The number of hydrogen-bond acceptors (Lipinski definition) is 6. The molecule has 8 nitrogen and oxygen atoms in total. The number of sulfonamides is 1. The summed E-state index contributed by atoms with van der Waals surface area (Å²) < 4.78 is 33.6. The molecule has 0 aliphatic heterocycles. The largest absolute Gasteiger partial charge is 0.468 e. The van der Waals surface area contributed by atoms with E-state index in [2.05, 4.69) is 19.4 Å². The Hall–Kier alpha value is -2.26. The molecular weight excluding hydrogens is 320 g/mol. The van der Waals surface area contributed by atoms with Gasteiger partial charge in [0.1, 0.15) is 6.04 Å². The van der Waals surface area contributed by atoms with E-state index in [0.717, 1.165) is 0 Å². The van der Waals surface area contributed by atoms with E-state index in [1.165, 1.54) is 32.0 Å². The lowest BCUT2D eigenvalue weighted by Crippen LogP contribution is -2.34. The fourth-order valence-electron chi connectivity index (χ4n) is 1.87. The fraction of sp³-hybridized carbons (Fsp3) is 0.357. The third kappa shape index (κ3) is 3.93. The molecule has 0 saturated carbocycles. The van der Waals surface area contributed by atoms with E-state index >= 15 is 0 Å². The third-order valence-electron chi connectivity index (χ3n) is 3.18. The van der Waals surface area contributed by atoms with Crippen LogP contribution in [0, 0.1) is 0 Å². The summed E-state index contributed by atoms with van der Waals surface area (Å²) in [5.41, 5.74) is 0.381. The average Bonchev–Trinajstić information content (AvgIpc) is 3.04. The van der Waals surface area contributed by atoms with Crippen molar-refractivity contribution in [1.29, 1.82) is 0 Å². The van der Waals surface area contributed by atoms with Crippen molar-refractivity contribution in [3.8, 4) is 0 Å². The van der Waals surface area contributed by atoms with Crippen LogP contribution < -0.4 is 4.72 Å². The Morgan fingerprint density at radius 2 is 2.13 bits per heavy atom. The first-order valence-corrected chi connectivity index (χ1v) is 8.37. The van der Waals surface area contributed by atoms with Crippen molar-refractivity contribution < 1.29 is 17.9 Å². The van der Waals surface area contributed by atoms with Gasteiger partial charge in [-0.05, 0) is 25.5 Å². The van der Waals surface area contributed by atoms with Gasteiger partial charge in [-0.2, -0.15) is 4.72 Å². The molecule has 0 aliphatic carbocycles. The molecule has 0 unspecified atom stereocenters. The highest BCUT2D eigenvalue weighted by atomic mass is 32.2. The number of rotatable bonds is 6. The number of carbonyl (C=O) groups is 1. The third-order valence-corrected chi connectivity index (χ3v) is 4.48. The molecule has 0 aliphatic rings. The molecule has 23 heavy (non-hydrogen) atoms. The van der Waals surface area contributed by atoms with Crippen molar-refractivity contribution in [1.82, 2.24) is 19.3 Å². The number of methoxy groups -OCH3 is 1. The van der Waals surface area contributed by atoms with Gasteiger partial charge in [0.15, 0.2) is 5.03 Å². The zero-order chi connectivity index (χ0) is 17.0. The van der Waals surface area contributed by atoms with Crippen LogP contribution in [-0.2, 0) is 19.6 Å². The Morgan fingerprint density at radius 3 is 2.65 bits per heavy atom. The lowest BCUT2D eigenvalue weighted by Gasteiger charge is -2.15. The van der Waals surface area contributed by atoms with Crippen LogP contribution in [0.5, 0.6) is 0 Å². The number of pyridine rings is 1. The first-order valence-electron chi connectivity index (χ1n) is 6.88. The summed E-state index contributed by atoms with van der Waals surface area (Å²) in [4.78, 5) is 19.7. The smallest absolute Gasteiger partial charge is 0.328 e. The Balaban J connectivity index is 2.32. The molecule has 2 rings (SSSR count). The molecule has 1 N–H and O–H groups in total. The molecule has 0 radical (unpaired) electrons. The predicted octanol–water partition coefficient (Wildman–Crippen LogP) is 1.05. The normalized spacial score (nSPS) is 13.0. The summed E-state index contributed by atoms with van der Waals surface area (Å²) in [6, 6.07) is 2.07. The standard InChI is InChI=1S/C14H18N4O4S/c1-10(2)18-8-12(16-9-18)23(20,21)17-13(14(19)22-3)11-5-4-6-15-7-11/h4-10,13,17H,1-3H3/t13-/m1/s1.